The number of carbonyl (C=O) groups is 3. The summed E-state index contributed by atoms with van der Waals surface area (Å²) in [6, 6.07) is 38.4. The van der Waals surface area contributed by atoms with Crippen LogP contribution in [0.5, 0.6) is 5.75 Å². The highest BCUT2D eigenvalue weighted by atomic mass is 19.4. The molecule has 0 unspecified atom stereocenters. The molecule has 1 fully saturated rings. The third-order valence-electron chi connectivity index (χ3n) is 8.11. The second-order valence-corrected chi connectivity index (χ2v) is 11.8. The number of aryl methyl sites for hydroxylation is 1. The van der Waals surface area contributed by atoms with Gasteiger partial charge in [-0.05, 0) is 46.4 Å². The second kappa shape index (κ2) is 17.8. The molecule has 0 aliphatic carbocycles. The molecule has 0 bridgehead atoms. The number of nitrogens with zero attached hydrogens (tertiary/aromatic N) is 2. The number of aliphatic carboxylic acids is 1. The highest BCUT2D eigenvalue weighted by Crippen LogP contribution is 2.30. The fourth-order valence-corrected chi connectivity index (χ4v) is 5.49. The van der Waals surface area contributed by atoms with Crippen molar-refractivity contribution in [3.05, 3.63) is 137 Å². The lowest BCUT2D eigenvalue weighted by molar-refractivity contribution is -0.193. The third-order valence-corrected chi connectivity index (χ3v) is 8.11. The molecule has 0 spiro atoms. The van der Waals surface area contributed by atoms with Gasteiger partial charge in [-0.25, -0.2) is 0 Å². The summed E-state index contributed by atoms with van der Waals surface area (Å²) < 4.78 is 72.9. The summed E-state index contributed by atoms with van der Waals surface area (Å²) in [4.78, 5) is 35.1. The van der Waals surface area contributed by atoms with Crippen LogP contribution >= 0.6 is 0 Å². The number of carboxylic acids is 1. The smallest absolute Gasteiger partial charge is 0.458 e. The van der Waals surface area contributed by atoms with Gasteiger partial charge in [-0.3, -0.25) is 24.2 Å². The fourth-order valence-electron chi connectivity index (χ4n) is 5.49. The number of rotatable bonds is 12. The summed E-state index contributed by atoms with van der Waals surface area (Å²) >= 11 is 0. The van der Waals surface area contributed by atoms with Crippen molar-refractivity contribution in [3.8, 4) is 5.75 Å². The minimum Gasteiger partial charge on any atom is -0.489 e. The van der Waals surface area contributed by atoms with E-state index in [2.05, 4.69) is 94.7 Å². The number of ether oxygens (including phenoxy) is 1. The minimum absolute atomic E-state index is 0.143. The molecular formula is C38H36F6N2O5. The number of benzene rings is 4. The van der Waals surface area contributed by atoms with Crippen LogP contribution in [0.2, 0.25) is 0 Å². The molecule has 4 aromatic rings. The highest BCUT2D eigenvalue weighted by Gasteiger charge is 2.54. The molecule has 1 saturated heterocycles. The van der Waals surface area contributed by atoms with Crippen molar-refractivity contribution in [2.75, 3.05) is 26.2 Å². The zero-order valence-corrected chi connectivity index (χ0v) is 27.4. The van der Waals surface area contributed by atoms with Crippen molar-refractivity contribution in [1.29, 1.82) is 0 Å². The molecule has 7 nitrogen and oxygen atoms in total. The first kappa shape index (κ1) is 38.8. The van der Waals surface area contributed by atoms with Gasteiger partial charge < -0.3 is 9.84 Å². The number of ketones is 2. The maximum atomic E-state index is 11.2. The van der Waals surface area contributed by atoms with E-state index in [9.17, 15) is 40.7 Å². The van der Waals surface area contributed by atoms with Gasteiger partial charge in [0.15, 0.2) is 0 Å². The van der Waals surface area contributed by atoms with Crippen LogP contribution in [-0.4, -0.2) is 71.0 Å². The quantitative estimate of drug-likeness (QED) is 0.121. The molecule has 0 aromatic heterocycles. The Morgan fingerprint density at radius 3 is 1.53 bits per heavy atom. The van der Waals surface area contributed by atoms with Crippen LogP contribution in [0.1, 0.15) is 40.3 Å². The van der Waals surface area contributed by atoms with E-state index in [0.717, 1.165) is 49.6 Å². The Bertz CT molecular complexity index is 1640. The summed E-state index contributed by atoms with van der Waals surface area (Å²) in [7, 11) is 0. The molecule has 5 rings (SSSR count). The van der Waals surface area contributed by atoms with Crippen LogP contribution in [-0.2, 0) is 34.0 Å². The number of piperazine rings is 1. The topological polar surface area (TPSA) is 87.1 Å². The van der Waals surface area contributed by atoms with Crippen LogP contribution in [0, 0.1) is 0 Å². The first-order valence-corrected chi connectivity index (χ1v) is 16.0. The molecule has 1 aliphatic rings. The van der Waals surface area contributed by atoms with Crippen LogP contribution in [0.4, 0.5) is 26.3 Å². The van der Waals surface area contributed by atoms with Crippen LogP contribution in [0.3, 0.4) is 0 Å². The van der Waals surface area contributed by atoms with Crippen molar-refractivity contribution in [2.45, 2.75) is 44.4 Å². The lowest BCUT2D eigenvalue weighted by Crippen LogP contribution is -2.47. The van der Waals surface area contributed by atoms with E-state index in [4.69, 9.17) is 9.84 Å². The lowest BCUT2D eigenvalue weighted by Gasteiger charge is -2.40. The van der Waals surface area contributed by atoms with Crippen LogP contribution in [0.25, 0.3) is 0 Å². The molecule has 0 atom stereocenters. The van der Waals surface area contributed by atoms with Crippen molar-refractivity contribution in [3.63, 3.8) is 0 Å². The average Bonchev–Trinajstić information content (AvgIpc) is 3.11. The van der Waals surface area contributed by atoms with Gasteiger partial charge in [0.25, 0.3) is 0 Å². The van der Waals surface area contributed by atoms with E-state index in [-0.39, 0.29) is 12.5 Å². The van der Waals surface area contributed by atoms with E-state index in [1.165, 1.54) is 16.7 Å². The molecule has 1 aliphatic heterocycles. The predicted octanol–water partition coefficient (Wildman–Crippen LogP) is 7.44. The third kappa shape index (κ3) is 12.1. The predicted molar refractivity (Wildman–Crippen MR) is 177 cm³/mol. The summed E-state index contributed by atoms with van der Waals surface area (Å²) in [5.41, 5.74) is 6.16. The van der Waals surface area contributed by atoms with Gasteiger partial charge in [0, 0.05) is 39.1 Å². The normalized spacial score (nSPS) is 14.0. The molecule has 1 N–H and O–H groups in total. The zero-order chi connectivity index (χ0) is 37.0. The van der Waals surface area contributed by atoms with E-state index >= 15 is 0 Å². The maximum Gasteiger partial charge on any atom is 0.458 e. The molecule has 270 valence electrons. The van der Waals surface area contributed by atoms with Gasteiger partial charge in [0.05, 0.1) is 6.04 Å². The number of Topliss-reactive ketones (excluding diaryl/α,β-unsaturated/α-hetero) is 2. The Morgan fingerprint density at radius 1 is 0.627 bits per heavy atom. The number of alkyl halides is 6. The Balaban J connectivity index is 0.000000417. The van der Waals surface area contributed by atoms with Gasteiger partial charge in [-0.15, -0.1) is 0 Å². The van der Waals surface area contributed by atoms with Gasteiger partial charge in [-0.1, -0.05) is 97.1 Å². The van der Waals surface area contributed by atoms with Gasteiger partial charge >= 0.3 is 29.9 Å². The Kier molecular flexibility index (Phi) is 13.5. The van der Waals surface area contributed by atoms with E-state index in [1.807, 2.05) is 24.3 Å². The SMILES string of the molecule is O=C(C(=O)C(F)(F)F)C(F)(F)F.O=C(O)CCc1ccc(OCc2ccc(CN3CCN(C(c4ccccc4)c4ccccc4)CC3)cc2)cc1. The number of carbonyl (C=O) groups excluding carboxylic acids is 2. The highest BCUT2D eigenvalue weighted by molar-refractivity contribution is 6.41. The maximum absolute atomic E-state index is 11.2. The average molecular weight is 715 g/mol. The monoisotopic (exact) mass is 714 g/mol. The molecule has 51 heavy (non-hydrogen) atoms. The van der Waals surface area contributed by atoms with Crippen molar-refractivity contribution in [1.82, 2.24) is 9.80 Å². The molecule has 1 heterocycles. The summed E-state index contributed by atoms with van der Waals surface area (Å²) in [6.07, 6.45) is -10.9. The first-order chi connectivity index (χ1) is 24.2. The summed E-state index contributed by atoms with van der Waals surface area (Å²) in [6.45, 7) is 5.62. The standard InChI is InChI=1S/C34H36N2O3.C4F6O2/c37-33(38)20-17-27-15-18-32(19-16-27)39-26-29-13-11-28(12-14-29)25-35-21-23-36(24-22-35)34(30-7-3-1-4-8-30)31-9-5-2-6-10-31;5-3(6,7)1(11)2(12)4(8,9)10/h1-16,18-19,34H,17,20-26H2,(H,37,38);. The number of hydrogen-bond donors (Lipinski definition) is 1. The summed E-state index contributed by atoms with van der Waals surface area (Å²) in [5.74, 6) is -6.80. The molecule has 4 aromatic carbocycles. The van der Waals surface area contributed by atoms with Crippen molar-refractivity contribution >= 4 is 17.5 Å². The lowest BCUT2D eigenvalue weighted by atomic mass is 9.96. The van der Waals surface area contributed by atoms with Crippen LogP contribution in [0.15, 0.2) is 109 Å². The van der Waals surface area contributed by atoms with E-state index < -0.39 is 29.9 Å². The first-order valence-electron chi connectivity index (χ1n) is 16.0. The van der Waals surface area contributed by atoms with E-state index in [1.54, 1.807) is 0 Å². The Hall–Kier alpha value is -5.01. The molecule has 0 radical (unpaired) electrons. The molecule has 0 amide bonds. The Labute approximate surface area is 291 Å². The second-order valence-electron chi connectivity index (χ2n) is 11.8. The van der Waals surface area contributed by atoms with Crippen molar-refractivity contribution < 1.29 is 50.6 Å². The van der Waals surface area contributed by atoms with Crippen molar-refractivity contribution in [2.24, 2.45) is 0 Å². The fraction of sp³-hybridized carbons (Fsp3) is 0.289. The van der Waals surface area contributed by atoms with Gasteiger partial charge in [0.2, 0.25) is 0 Å². The van der Waals surface area contributed by atoms with Gasteiger partial charge in [-0.2, -0.15) is 26.3 Å². The largest absolute Gasteiger partial charge is 0.489 e. The molecule has 13 heteroatoms. The minimum atomic E-state index is -5.77. The number of carboxylic acid groups (broad SMARTS) is 1. The Morgan fingerprint density at radius 2 is 1.08 bits per heavy atom. The molecular weight excluding hydrogens is 678 g/mol. The number of hydrogen-bond acceptors (Lipinski definition) is 6. The zero-order valence-electron chi connectivity index (χ0n) is 27.4. The number of halogens is 6. The van der Waals surface area contributed by atoms with Gasteiger partial charge in [0.1, 0.15) is 12.4 Å². The summed E-state index contributed by atoms with van der Waals surface area (Å²) in [5, 5.41) is 8.83. The molecule has 0 saturated carbocycles. The van der Waals surface area contributed by atoms with E-state index in [0.29, 0.717) is 13.0 Å². The van der Waals surface area contributed by atoms with Crippen LogP contribution < -0.4 is 4.74 Å².